The SMILES string of the molecule is O=C1O[C@H]2OCC[C@H]2/C1=N/O. The van der Waals surface area contributed by atoms with Gasteiger partial charge in [-0.3, -0.25) is 0 Å². The molecule has 11 heavy (non-hydrogen) atoms. The van der Waals surface area contributed by atoms with Gasteiger partial charge in [-0.15, -0.1) is 0 Å². The predicted octanol–water partition coefficient (Wildman–Crippen LogP) is -0.264. The first-order chi connectivity index (χ1) is 5.33. The summed E-state index contributed by atoms with van der Waals surface area (Å²) in [5.74, 6) is -0.727. The Morgan fingerprint density at radius 1 is 1.64 bits per heavy atom. The lowest BCUT2D eigenvalue weighted by molar-refractivity contribution is -0.156. The molecule has 0 saturated carbocycles. The van der Waals surface area contributed by atoms with Crippen molar-refractivity contribution in [3.8, 4) is 0 Å². The van der Waals surface area contributed by atoms with E-state index in [0.717, 1.165) is 0 Å². The Balaban J connectivity index is 2.27. The van der Waals surface area contributed by atoms with Crippen molar-refractivity contribution in [3.63, 3.8) is 0 Å². The quantitative estimate of drug-likeness (QED) is 0.298. The van der Waals surface area contributed by atoms with Crippen molar-refractivity contribution in [1.29, 1.82) is 0 Å². The number of oxime groups is 1. The third-order valence-electron chi connectivity index (χ3n) is 1.93. The fraction of sp³-hybridized carbons (Fsp3) is 0.667. The molecule has 1 N–H and O–H groups in total. The average Bonchev–Trinajstić information content (AvgIpc) is 2.46. The smallest absolute Gasteiger partial charge is 0.358 e. The molecular weight excluding hydrogens is 150 g/mol. The van der Waals surface area contributed by atoms with E-state index >= 15 is 0 Å². The highest BCUT2D eigenvalue weighted by Gasteiger charge is 2.46. The zero-order valence-electron chi connectivity index (χ0n) is 5.69. The molecule has 2 aliphatic heterocycles. The fourth-order valence-electron chi connectivity index (χ4n) is 1.38. The van der Waals surface area contributed by atoms with Gasteiger partial charge in [-0.1, -0.05) is 5.16 Å². The van der Waals surface area contributed by atoms with Gasteiger partial charge in [-0.25, -0.2) is 4.79 Å². The normalized spacial score (nSPS) is 39.3. The third kappa shape index (κ3) is 0.808. The van der Waals surface area contributed by atoms with Crippen molar-refractivity contribution < 1.29 is 19.5 Å². The topological polar surface area (TPSA) is 68.1 Å². The molecule has 5 nitrogen and oxygen atoms in total. The van der Waals surface area contributed by atoms with E-state index in [1.54, 1.807) is 0 Å². The highest BCUT2D eigenvalue weighted by molar-refractivity contribution is 6.38. The van der Waals surface area contributed by atoms with Crippen LogP contribution in [-0.2, 0) is 14.3 Å². The molecule has 0 aromatic carbocycles. The van der Waals surface area contributed by atoms with Crippen molar-refractivity contribution in [3.05, 3.63) is 0 Å². The maximum Gasteiger partial charge on any atom is 0.358 e. The minimum atomic E-state index is -0.567. The molecule has 0 aromatic heterocycles. The van der Waals surface area contributed by atoms with Gasteiger partial charge in [-0.05, 0) is 6.42 Å². The Morgan fingerprint density at radius 3 is 3.18 bits per heavy atom. The van der Waals surface area contributed by atoms with Crippen LogP contribution in [0.4, 0.5) is 0 Å². The largest absolute Gasteiger partial charge is 0.430 e. The molecule has 2 rings (SSSR count). The van der Waals surface area contributed by atoms with Crippen LogP contribution in [-0.4, -0.2) is 29.8 Å². The Hall–Kier alpha value is -1.10. The molecule has 0 aromatic rings. The van der Waals surface area contributed by atoms with Crippen molar-refractivity contribution >= 4 is 11.7 Å². The van der Waals surface area contributed by atoms with Gasteiger partial charge in [0.25, 0.3) is 0 Å². The molecule has 2 heterocycles. The molecule has 2 fully saturated rings. The molecule has 0 aliphatic carbocycles. The van der Waals surface area contributed by atoms with Crippen LogP contribution in [0.5, 0.6) is 0 Å². The molecule has 2 saturated heterocycles. The van der Waals surface area contributed by atoms with Crippen LogP contribution in [0.1, 0.15) is 6.42 Å². The summed E-state index contributed by atoms with van der Waals surface area (Å²) >= 11 is 0. The molecule has 0 amide bonds. The average molecular weight is 157 g/mol. The van der Waals surface area contributed by atoms with Gasteiger partial charge in [0.15, 0.2) is 5.71 Å². The Labute approximate surface area is 62.6 Å². The number of esters is 1. The molecule has 0 radical (unpaired) electrons. The van der Waals surface area contributed by atoms with Crippen molar-refractivity contribution in [2.75, 3.05) is 6.61 Å². The van der Waals surface area contributed by atoms with Gasteiger partial charge in [-0.2, -0.15) is 0 Å². The van der Waals surface area contributed by atoms with Gasteiger partial charge in [0.05, 0.1) is 12.5 Å². The lowest BCUT2D eigenvalue weighted by Gasteiger charge is -2.02. The molecule has 2 atom stereocenters. The van der Waals surface area contributed by atoms with E-state index < -0.39 is 12.3 Å². The maximum atomic E-state index is 10.8. The van der Waals surface area contributed by atoms with Crippen molar-refractivity contribution in [1.82, 2.24) is 0 Å². The van der Waals surface area contributed by atoms with E-state index in [9.17, 15) is 4.79 Å². The van der Waals surface area contributed by atoms with E-state index in [0.29, 0.717) is 13.0 Å². The minimum Gasteiger partial charge on any atom is -0.430 e. The monoisotopic (exact) mass is 157 g/mol. The predicted molar refractivity (Wildman–Crippen MR) is 33.2 cm³/mol. The Morgan fingerprint density at radius 2 is 2.45 bits per heavy atom. The summed E-state index contributed by atoms with van der Waals surface area (Å²) < 4.78 is 9.78. The standard InChI is InChI=1S/C6H7NO4/c8-5-4(7-9)3-1-2-10-6(3)11-5/h3,6,9H,1-2H2/b7-4-/t3-,6+/m0/s1. The summed E-state index contributed by atoms with van der Waals surface area (Å²) in [5.41, 5.74) is 0.0903. The first-order valence-corrected chi connectivity index (χ1v) is 3.37. The second kappa shape index (κ2) is 2.20. The first kappa shape index (κ1) is 6.60. The van der Waals surface area contributed by atoms with E-state index in [2.05, 4.69) is 5.16 Å². The van der Waals surface area contributed by atoms with Gasteiger partial charge < -0.3 is 14.7 Å². The van der Waals surface area contributed by atoms with E-state index in [1.807, 2.05) is 0 Å². The van der Waals surface area contributed by atoms with Crippen molar-refractivity contribution in [2.45, 2.75) is 12.7 Å². The number of hydrogen-bond donors (Lipinski definition) is 1. The van der Waals surface area contributed by atoms with Gasteiger partial charge in [0, 0.05) is 0 Å². The number of ether oxygens (including phenoxy) is 2. The van der Waals surface area contributed by atoms with Gasteiger partial charge in [0.2, 0.25) is 6.29 Å². The molecule has 2 aliphatic rings. The van der Waals surface area contributed by atoms with E-state index in [-0.39, 0.29) is 11.6 Å². The molecule has 0 unspecified atom stereocenters. The van der Waals surface area contributed by atoms with E-state index in [1.165, 1.54) is 0 Å². The van der Waals surface area contributed by atoms with Crippen LogP contribution in [0.2, 0.25) is 0 Å². The van der Waals surface area contributed by atoms with Gasteiger partial charge in [0.1, 0.15) is 0 Å². The second-order valence-corrected chi connectivity index (χ2v) is 2.52. The number of carbonyl (C=O) groups is 1. The van der Waals surface area contributed by atoms with Gasteiger partial charge >= 0.3 is 5.97 Å². The highest BCUT2D eigenvalue weighted by Crippen LogP contribution is 2.29. The van der Waals surface area contributed by atoms with E-state index in [4.69, 9.17) is 14.7 Å². The zero-order valence-corrected chi connectivity index (χ0v) is 5.69. The number of nitrogens with zero attached hydrogens (tertiary/aromatic N) is 1. The van der Waals surface area contributed by atoms with Crippen LogP contribution in [0, 0.1) is 5.92 Å². The summed E-state index contributed by atoms with van der Waals surface area (Å²) in [6.07, 6.45) is 0.184. The summed E-state index contributed by atoms with van der Waals surface area (Å²) in [4.78, 5) is 10.8. The summed E-state index contributed by atoms with van der Waals surface area (Å²) in [5, 5.41) is 11.3. The molecule has 0 bridgehead atoms. The van der Waals surface area contributed by atoms with Crippen molar-refractivity contribution in [2.24, 2.45) is 11.1 Å². The number of carbonyl (C=O) groups excluding carboxylic acids is 1. The molecule has 0 spiro atoms. The molecule has 5 heteroatoms. The zero-order chi connectivity index (χ0) is 7.84. The minimum absolute atomic E-state index is 0.0903. The summed E-state index contributed by atoms with van der Waals surface area (Å²) in [6, 6.07) is 0. The van der Waals surface area contributed by atoms with Crippen LogP contribution >= 0.6 is 0 Å². The molecular formula is C6H7NO4. The lowest BCUT2D eigenvalue weighted by Crippen LogP contribution is -2.15. The second-order valence-electron chi connectivity index (χ2n) is 2.52. The Bertz CT molecular complexity index is 225. The number of hydrogen-bond acceptors (Lipinski definition) is 5. The number of rotatable bonds is 0. The first-order valence-electron chi connectivity index (χ1n) is 3.37. The van der Waals surface area contributed by atoms with Crippen LogP contribution < -0.4 is 0 Å². The highest BCUT2D eigenvalue weighted by atomic mass is 16.7. The van der Waals surface area contributed by atoms with Crippen LogP contribution in [0.3, 0.4) is 0 Å². The van der Waals surface area contributed by atoms with Crippen LogP contribution in [0.15, 0.2) is 5.16 Å². The summed E-state index contributed by atoms with van der Waals surface area (Å²) in [6.45, 7) is 0.557. The maximum absolute atomic E-state index is 10.8. The van der Waals surface area contributed by atoms with Crippen LogP contribution in [0.25, 0.3) is 0 Å². The fourth-order valence-corrected chi connectivity index (χ4v) is 1.38. The Kier molecular flexibility index (Phi) is 1.32. The molecule has 60 valence electrons. The number of fused-ring (bicyclic) bond motifs is 1. The summed E-state index contributed by atoms with van der Waals surface area (Å²) in [7, 11) is 0. The third-order valence-corrected chi connectivity index (χ3v) is 1.93. The lowest BCUT2D eigenvalue weighted by atomic mass is 10.0.